The predicted molar refractivity (Wildman–Crippen MR) is 71.7 cm³/mol. The second-order valence-electron chi connectivity index (χ2n) is 3.98. The van der Waals surface area contributed by atoms with Crippen molar-refractivity contribution in [1.82, 2.24) is 4.98 Å². The van der Waals surface area contributed by atoms with E-state index >= 15 is 0 Å². The monoisotopic (exact) mass is 294 g/mol. The normalized spacial score (nSPS) is 10.1. The Hall–Kier alpha value is -2.70. The number of benzene rings is 1. The van der Waals surface area contributed by atoms with Crippen LogP contribution in [0.15, 0.2) is 30.5 Å². The van der Waals surface area contributed by atoms with E-state index in [1.54, 1.807) is 12.1 Å². The van der Waals surface area contributed by atoms with Gasteiger partial charge in [0.25, 0.3) is 5.91 Å². The van der Waals surface area contributed by atoms with Crippen molar-refractivity contribution in [3.63, 3.8) is 0 Å². The first-order valence-corrected chi connectivity index (χ1v) is 5.90. The third-order valence-corrected chi connectivity index (χ3v) is 2.75. The maximum atomic E-state index is 13.5. The highest BCUT2D eigenvalue weighted by atomic mass is 19.2. The Bertz CT molecular complexity index is 677. The molecule has 1 heterocycles. The van der Waals surface area contributed by atoms with Crippen LogP contribution in [0, 0.1) is 11.8 Å². The largest absolute Gasteiger partial charge is 0.497 e. The average molecular weight is 294 g/mol. The zero-order valence-corrected chi connectivity index (χ0v) is 11.3. The highest BCUT2D eigenvalue weighted by Crippen LogP contribution is 2.29. The molecule has 1 aromatic heterocycles. The molecule has 2 rings (SSSR count). The number of anilines is 1. The van der Waals surface area contributed by atoms with Crippen LogP contribution in [0.25, 0.3) is 0 Å². The van der Waals surface area contributed by atoms with Gasteiger partial charge in [0.2, 0.25) is 5.95 Å². The molecule has 21 heavy (non-hydrogen) atoms. The molecule has 0 spiro atoms. The number of nitrogens with zero attached hydrogens (tertiary/aromatic N) is 1. The van der Waals surface area contributed by atoms with Gasteiger partial charge in [0, 0.05) is 12.3 Å². The third-order valence-electron chi connectivity index (χ3n) is 2.75. The number of hydrogen-bond donors (Lipinski definition) is 1. The molecule has 110 valence electrons. The number of nitrogens with one attached hydrogen (secondary N) is 1. The zero-order valence-electron chi connectivity index (χ0n) is 11.3. The van der Waals surface area contributed by atoms with E-state index in [0.29, 0.717) is 17.2 Å². The Morgan fingerprint density at radius 2 is 1.95 bits per heavy atom. The topological polar surface area (TPSA) is 60.5 Å². The van der Waals surface area contributed by atoms with Gasteiger partial charge in [0.15, 0.2) is 5.82 Å². The fourth-order valence-corrected chi connectivity index (χ4v) is 1.69. The molecular formula is C14H12F2N2O3. The first kappa shape index (κ1) is 14.7. The third kappa shape index (κ3) is 3.07. The van der Waals surface area contributed by atoms with Gasteiger partial charge in [-0.25, -0.2) is 9.37 Å². The van der Waals surface area contributed by atoms with E-state index < -0.39 is 23.2 Å². The Balaban J connectivity index is 2.29. The number of ether oxygens (including phenoxy) is 2. The maximum Gasteiger partial charge on any atom is 0.258 e. The van der Waals surface area contributed by atoms with Crippen molar-refractivity contribution < 1.29 is 23.0 Å². The van der Waals surface area contributed by atoms with E-state index in [2.05, 4.69) is 10.3 Å². The average Bonchev–Trinajstić information content (AvgIpc) is 2.50. The Morgan fingerprint density at radius 1 is 1.19 bits per heavy atom. The van der Waals surface area contributed by atoms with Crippen LogP contribution in [0.1, 0.15) is 10.4 Å². The number of hydrogen-bond acceptors (Lipinski definition) is 4. The van der Waals surface area contributed by atoms with E-state index in [1.807, 2.05) is 0 Å². The molecule has 2 aromatic rings. The predicted octanol–water partition coefficient (Wildman–Crippen LogP) is 2.63. The van der Waals surface area contributed by atoms with Gasteiger partial charge in [0.1, 0.15) is 11.5 Å². The molecule has 0 atom stereocenters. The highest BCUT2D eigenvalue weighted by Gasteiger charge is 2.17. The first-order chi connectivity index (χ1) is 10.1. The van der Waals surface area contributed by atoms with Crippen LogP contribution in [0.5, 0.6) is 11.5 Å². The summed E-state index contributed by atoms with van der Waals surface area (Å²) in [6.07, 6.45) is 1.01. The Labute approximate surface area is 119 Å². The van der Waals surface area contributed by atoms with Crippen molar-refractivity contribution in [3.8, 4) is 11.5 Å². The molecule has 5 nitrogen and oxygen atoms in total. The molecular weight excluding hydrogens is 282 g/mol. The van der Waals surface area contributed by atoms with Crippen molar-refractivity contribution in [2.24, 2.45) is 0 Å². The highest BCUT2D eigenvalue weighted by molar-refractivity contribution is 6.05. The molecule has 0 aliphatic rings. The van der Waals surface area contributed by atoms with Gasteiger partial charge >= 0.3 is 0 Å². The minimum atomic E-state index is -1.33. The Kier molecular flexibility index (Phi) is 4.32. The second kappa shape index (κ2) is 6.17. The molecule has 0 radical (unpaired) electrons. The number of halogens is 2. The standard InChI is InChI=1S/C14H12F2N2O3/c1-20-8-3-4-10(11(7-8)21-2)18-14(19)9-5-6-17-13(16)12(9)15/h3-7H,1-2H3,(H,18,19). The summed E-state index contributed by atoms with van der Waals surface area (Å²) < 4.78 is 36.7. The quantitative estimate of drug-likeness (QED) is 0.881. The number of carbonyl (C=O) groups is 1. The smallest absolute Gasteiger partial charge is 0.258 e. The molecule has 1 amide bonds. The van der Waals surface area contributed by atoms with Crippen LogP contribution >= 0.6 is 0 Å². The summed E-state index contributed by atoms with van der Waals surface area (Å²) in [7, 11) is 2.90. The molecule has 0 saturated heterocycles. The minimum absolute atomic E-state index is 0.305. The van der Waals surface area contributed by atoms with E-state index in [1.165, 1.54) is 20.3 Å². The lowest BCUT2D eigenvalue weighted by atomic mass is 10.2. The SMILES string of the molecule is COc1ccc(NC(=O)c2ccnc(F)c2F)c(OC)c1. The van der Waals surface area contributed by atoms with Gasteiger partial charge in [-0.1, -0.05) is 0 Å². The summed E-state index contributed by atoms with van der Waals surface area (Å²) in [4.78, 5) is 15.1. The summed E-state index contributed by atoms with van der Waals surface area (Å²) in [5.74, 6) is -2.58. The molecule has 0 unspecified atom stereocenters. The van der Waals surface area contributed by atoms with Crippen LogP contribution in [0.2, 0.25) is 0 Å². The lowest BCUT2D eigenvalue weighted by molar-refractivity contribution is 0.102. The van der Waals surface area contributed by atoms with Gasteiger partial charge in [0.05, 0.1) is 25.5 Å². The van der Waals surface area contributed by atoms with Crippen LogP contribution in [-0.4, -0.2) is 25.1 Å². The lowest BCUT2D eigenvalue weighted by Crippen LogP contribution is -2.15. The van der Waals surface area contributed by atoms with Gasteiger partial charge in [-0.15, -0.1) is 0 Å². The molecule has 0 fully saturated rings. The zero-order chi connectivity index (χ0) is 15.4. The van der Waals surface area contributed by atoms with E-state index in [-0.39, 0.29) is 0 Å². The van der Waals surface area contributed by atoms with Crippen molar-refractivity contribution in [3.05, 3.63) is 47.8 Å². The molecule has 1 aromatic carbocycles. The van der Waals surface area contributed by atoms with E-state index in [9.17, 15) is 13.6 Å². The summed E-state index contributed by atoms with van der Waals surface area (Å²) in [5.41, 5.74) is -0.139. The Morgan fingerprint density at radius 3 is 2.62 bits per heavy atom. The first-order valence-electron chi connectivity index (χ1n) is 5.90. The van der Waals surface area contributed by atoms with Crippen LogP contribution in [0.3, 0.4) is 0 Å². The summed E-state index contributed by atoms with van der Waals surface area (Å²) in [5, 5.41) is 2.44. The molecule has 1 N–H and O–H groups in total. The fourth-order valence-electron chi connectivity index (χ4n) is 1.69. The van der Waals surface area contributed by atoms with Gasteiger partial charge in [-0.2, -0.15) is 4.39 Å². The molecule has 7 heteroatoms. The van der Waals surface area contributed by atoms with Gasteiger partial charge in [-0.3, -0.25) is 4.79 Å². The number of aromatic nitrogens is 1. The summed E-state index contributed by atoms with van der Waals surface area (Å²) in [6.45, 7) is 0. The second-order valence-corrected chi connectivity index (χ2v) is 3.98. The molecule has 0 aliphatic carbocycles. The van der Waals surface area contributed by atoms with E-state index in [0.717, 1.165) is 12.3 Å². The summed E-state index contributed by atoms with van der Waals surface area (Å²) >= 11 is 0. The van der Waals surface area contributed by atoms with Crippen LogP contribution < -0.4 is 14.8 Å². The number of methoxy groups -OCH3 is 2. The van der Waals surface area contributed by atoms with Crippen molar-refractivity contribution >= 4 is 11.6 Å². The lowest BCUT2D eigenvalue weighted by Gasteiger charge is -2.11. The summed E-state index contributed by atoms with van der Waals surface area (Å²) in [6, 6.07) is 5.77. The van der Waals surface area contributed by atoms with Crippen molar-refractivity contribution in [2.45, 2.75) is 0 Å². The van der Waals surface area contributed by atoms with Crippen molar-refractivity contribution in [1.29, 1.82) is 0 Å². The number of rotatable bonds is 4. The van der Waals surface area contributed by atoms with E-state index in [4.69, 9.17) is 9.47 Å². The number of carbonyl (C=O) groups excluding carboxylic acids is 1. The van der Waals surface area contributed by atoms with Crippen LogP contribution in [0.4, 0.5) is 14.5 Å². The molecule has 0 aliphatic heterocycles. The maximum absolute atomic E-state index is 13.5. The van der Waals surface area contributed by atoms with Gasteiger partial charge in [-0.05, 0) is 18.2 Å². The van der Waals surface area contributed by atoms with Gasteiger partial charge < -0.3 is 14.8 Å². The fraction of sp³-hybridized carbons (Fsp3) is 0.143. The van der Waals surface area contributed by atoms with Crippen LogP contribution in [-0.2, 0) is 0 Å². The molecule has 0 saturated carbocycles. The number of pyridine rings is 1. The minimum Gasteiger partial charge on any atom is -0.497 e. The number of amides is 1. The van der Waals surface area contributed by atoms with Crippen molar-refractivity contribution in [2.75, 3.05) is 19.5 Å². The molecule has 0 bridgehead atoms.